The van der Waals surface area contributed by atoms with E-state index in [1.165, 1.54) is 16.8 Å². The number of hydrogen-bond acceptors (Lipinski definition) is 4. The third kappa shape index (κ3) is 2.51. The summed E-state index contributed by atoms with van der Waals surface area (Å²) in [6.45, 7) is 2.14. The third-order valence-corrected chi connectivity index (χ3v) is 4.48. The molecule has 1 N–H and O–H groups in total. The van der Waals surface area contributed by atoms with E-state index >= 15 is 0 Å². The average molecular weight is 273 g/mol. The summed E-state index contributed by atoms with van der Waals surface area (Å²) < 4.78 is 0. The molecule has 0 amide bonds. The maximum atomic E-state index is 4.24. The van der Waals surface area contributed by atoms with E-state index in [1.54, 1.807) is 11.3 Å². The van der Waals surface area contributed by atoms with Gasteiger partial charge in [0.25, 0.3) is 0 Å². The Morgan fingerprint density at radius 1 is 1.47 bits per heavy atom. The van der Waals surface area contributed by atoms with Crippen molar-refractivity contribution < 1.29 is 0 Å². The van der Waals surface area contributed by atoms with Gasteiger partial charge >= 0.3 is 0 Å². The smallest absolute Gasteiger partial charge is 0.0562 e. The van der Waals surface area contributed by atoms with Crippen molar-refractivity contribution >= 4 is 17.0 Å². The second kappa shape index (κ2) is 5.72. The van der Waals surface area contributed by atoms with Gasteiger partial charge in [0, 0.05) is 24.6 Å². The molecule has 0 fully saturated rings. The van der Waals surface area contributed by atoms with Crippen molar-refractivity contribution in [2.75, 3.05) is 25.0 Å². The van der Waals surface area contributed by atoms with Gasteiger partial charge in [-0.05, 0) is 60.5 Å². The Bertz CT molecular complexity index is 524. The number of thiophene rings is 1. The lowest BCUT2D eigenvalue weighted by atomic mass is 10.1. The van der Waals surface area contributed by atoms with Crippen LogP contribution < -0.4 is 10.2 Å². The van der Waals surface area contributed by atoms with Crippen molar-refractivity contribution in [1.29, 1.82) is 0 Å². The van der Waals surface area contributed by atoms with Crippen LogP contribution in [-0.4, -0.2) is 25.1 Å². The van der Waals surface area contributed by atoms with Crippen LogP contribution >= 0.6 is 11.3 Å². The highest BCUT2D eigenvalue weighted by atomic mass is 32.1. The summed E-state index contributed by atoms with van der Waals surface area (Å²) in [4.78, 5) is 6.78. The maximum Gasteiger partial charge on any atom is 0.0562 e. The summed E-state index contributed by atoms with van der Waals surface area (Å²) in [5.74, 6) is 0. The number of nitrogens with one attached hydrogen (secondary N) is 1. The minimum absolute atomic E-state index is 0.474. The predicted molar refractivity (Wildman–Crippen MR) is 80.9 cm³/mol. The van der Waals surface area contributed by atoms with E-state index in [0.29, 0.717) is 6.04 Å². The molecule has 0 aromatic carbocycles. The van der Waals surface area contributed by atoms with Crippen molar-refractivity contribution in [1.82, 2.24) is 10.3 Å². The summed E-state index contributed by atoms with van der Waals surface area (Å²) in [5, 5.41) is 7.72. The lowest BCUT2D eigenvalue weighted by molar-refractivity contribution is 0.570. The zero-order valence-corrected chi connectivity index (χ0v) is 12.0. The zero-order chi connectivity index (χ0) is 13.1. The Balaban J connectivity index is 1.89. The van der Waals surface area contributed by atoms with Gasteiger partial charge in [-0.3, -0.25) is 4.98 Å². The predicted octanol–water partition coefficient (Wildman–Crippen LogP) is 2.86. The standard InChI is InChI=1S/C15H19N3S/c1-16-6-2-15(13-5-9-19-11-13)18-8-4-12-10-17-7-3-14(12)18/h3,5,7,9-11,15-16H,2,4,6,8H2,1H3. The van der Waals surface area contributed by atoms with Crippen molar-refractivity contribution in [3.63, 3.8) is 0 Å². The van der Waals surface area contributed by atoms with Crippen LogP contribution in [0.2, 0.25) is 0 Å². The van der Waals surface area contributed by atoms with Gasteiger partial charge < -0.3 is 10.2 Å². The molecule has 0 spiro atoms. The molecule has 100 valence electrons. The van der Waals surface area contributed by atoms with Crippen LogP contribution in [0.4, 0.5) is 5.69 Å². The van der Waals surface area contributed by atoms with E-state index in [4.69, 9.17) is 0 Å². The third-order valence-electron chi connectivity index (χ3n) is 3.78. The quantitative estimate of drug-likeness (QED) is 0.908. The van der Waals surface area contributed by atoms with Gasteiger partial charge in [0.05, 0.1) is 6.04 Å². The highest BCUT2D eigenvalue weighted by Crippen LogP contribution is 2.36. The fourth-order valence-electron chi connectivity index (χ4n) is 2.83. The van der Waals surface area contributed by atoms with E-state index in [9.17, 15) is 0 Å². The molecule has 0 saturated carbocycles. The fraction of sp³-hybridized carbons (Fsp3) is 0.400. The molecule has 2 aromatic heterocycles. The summed E-state index contributed by atoms with van der Waals surface area (Å²) in [6, 6.07) is 4.88. The van der Waals surface area contributed by atoms with Gasteiger partial charge in [-0.1, -0.05) is 0 Å². The summed E-state index contributed by atoms with van der Waals surface area (Å²) >= 11 is 1.78. The molecule has 4 heteroatoms. The van der Waals surface area contributed by atoms with Crippen molar-refractivity contribution in [3.05, 3.63) is 46.4 Å². The minimum Gasteiger partial charge on any atom is -0.364 e. The molecule has 0 saturated heterocycles. The van der Waals surface area contributed by atoms with Crippen LogP contribution in [0.25, 0.3) is 0 Å². The number of anilines is 1. The number of aromatic nitrogens is 1. The molecule has 19 heavy (non-hydrogen) atoms. The molecule has 2 aromatic rings. The highest BCUT2D eigenvalue weighted by molar-refractivity contribution is 7.08. The highest BCUT2D eigenvalue weighted by Gasteiger charge is 2.27. The van der Waals surface area contributed by atoms with E-state index in [0.717, 1.165) is 25.9 Å². The molecular formula is C15H19N3S. The van der Waals surface area contributed by atoms with Crippen molar-refractivity contribution in [3.8, 4) is 0 Å². The minimum atomic E-state index is 0.474. The number of fused-ring (bicyclic) bond motifs is 1. The first-order valence-corrected chi connectivity index (χ1v) is 7.70. The topological polar surface area (TPSA) is 28.2 Å². The Morgan fingerprint density at radius 3 is 3.21 bits per heavy atom. The first-order chi connectivity index (χ1) is 9.40. The van der Waals surface area contributed by atoms with Gasteiger partial charge in [0.15, 0.2) is 0 Å². The Hall–Kier alpha value is -1.39. The van der Waals surface area contributed by atoms with Gasteiger partial charge in [0.2, 0.25) is 0 Å². The van der Waals surface area contributed by atoms with Crippen LogP contribution in [0.15, 0.2) is 35.3 Å². The summed E-state index contributed by atoms with van der Waals surface area (Å²) in [6.07, 6.45) is 6.16. The largest absolute Gasteiger partial charge is 0.364 e. The molecule has 0 aliphatic carbocycles. The van der Waals surface area contributed by atoms with E-state index < -0.39 is 0 Å². The number of nitrogens with zero attached hydrogens (tertiary/aromatic N) is 2. The van der Waals surface area contributed by atoms with Crippen molar-refractivity contribution in [2.24, 2.45) is 0 Å². The molecule has 1 atom stereocenters. The normalized spacial score (nSPS) is 15.5. The lowest BCUT2D eigenvalue weighted by Crippen LogP contribution is -2.29. The lowest BCUT2D eigenvalue weighted by Gasteiger charge is -2.30. The number of rotatable bonds is 5. The van der Waals surface area contributed by atoms with E-state index in [-0.39, 0.29) is 0 Å². The Kier molecular flexibility index (Phi) is 3.80. The molecule has 1 aliphatic heterocycles. The second-order valence-corrected chi connectivity index (χ2v) is 5.69. The summed E-state index contributed by atoms with van der Waals surface area (Å²) in [7, 11) is 2.02. The zero-order valence-electron chi connectivity index (χ0n) is 11.2. The van der Waals surface area contributed by atoms with Crippen LogP contribution in [0.3, 0.4) is 0 Å². The SMILES string of the molecule is CNCCC(c1ccsc1)N1CCc2cnccc21. The molecule has 3 nitrogen and oxygen atoms in total. The monoisotopic (exact) mass is 273 g/mol. The Labute approximate surface area is 118 Å². The van der Waals surface area contributed by atoms with E-state index in [1.807, 2.05) is 19.4 Å². The van der Waals surface area contributed by atoms with Gasteiger partial charge in [-0.2, -0.15) is 11.3 Å². The maximum absolute atomic E-state index is 4.24. The van der Waals surface area contributed by atoms with Crippen LogP contribution in [0.1, 0.15) is 23.6 Å². The molecule has 0 radical (unpaired) electrons. The second-order valence-electron chi connectivity index (χ2n) is 4.91. The van der Waals surface area contributed by atoms with Gasteiger partial charge in [0.1, 0.15) is 0 Å². The number of hydrogen-bond donors (Lipinski definition) is 1. The molecule has 3 rings (SSSR count). The van der Waals surface area contributed by atoms with Gasteiger partial charge in [-0.15, -0.1) is 0 Å². The van der Waals surface area contributed by atoms with Crippen LogP contribution in [0.5, 0.6) is 0 Å². The first kappa shape index (κ1) is 12.6. The average Bonchev–Trinajstić information content (AvgIpc) is 3.09. The molecule has 3 heterocycles. The fourth-order valence-corrected chi connectivity index (χ4v) is 3.53. The van der Waals surface area contributed by atoms with Crippen molar-refractivity contribution in [2.45, 2.75) is 18.9 Å². The van der Waals surface area contributed by atoms with Crippen LogP contribution in [-0.2, 0) is 6.42 Å². The molecule has 1 aliphatic rings. The number of pyridine rings is 1. The van der Waals surface area contributed by atoms with E-state index in [2.05, 4.69) is 38.1 Å². The molecular weight excluding hydrogens is 254 g/mol. The van der Waals surface area contributed by atoms with Gasteiger partial charge in [-0.25, -0.2) is 0 Å². The summed E-state index contributed by atoms with van der Waals surface area (Å²) in [5.41, 5.74) is 4.18. The van der Waals surface area contributed by atoms with Crippen LogP contribution in [0, 0.1) is 0 Å². The molecule has 1 unspecified atom stereocenters. The first-order valence-electron chi connectivity index (χ1n) is 6.76. The Morgan fingerprint density at radius 2 is 2.42 bits per heavy atom. The molecule has 0 bridgehead atoms.